The van der Waals surface area contributed by atoms with Crippen LogP contribution in [0.2, 0.25) is 0 Å². The molecule has 0 radical (unpaired) electrons. The fourth-order valence-electron chi connectivity index (χ4n) is 2.06. The number of nitro groups is 1. The number of pyridine rings is 1. The minimum atomic E-state index is -0.460. The average molecular weight is 267 g/mol. The molecule has 1 fully saturated rings. The van der Waals surface area contributed by atoms with E-state index in [1.54, 1.807) is 0 Å². The number of rotatable bonds is 4. The van der Waals surface area contributed by atoms with Crippen LogP contribution >= 0.6 is 0 Å². The van der Waals surface area contributed by atoms with Crippen LogP contribution in [0, 0.1) is 10.1 Å². The first kappa shape index (κ1) is 13.5. The molecule has 0 amide bonds. The van der Waals surface area contributed by atoms with Crippen LogP contribution in [0.4, 0.5) is 11.5 Å². The molecule has 0 saturated carbocycles. The van der Waals surface area contributed by atoms with Crippen molar-refractivity contribution in [1.29, 1.82) is 0 Å². The van der Waals surface area contributed by atoms with E-state index in [-0.39, 0.29) is 23.1 Å². The first-order valence-electron chi connectivity index (χ1n) is 6.05. The zero-order chi connectivity index (χ0) is 14.0. The zero-order valence-corrected chi connectivity index (χ0v) is 11.2. The highest BCUT2D eigenvalue weighted by molar-refractivity contribution is 5.58. The van der Waals surface area contributed by atoms with Gasteiger partial charge in [-0.25, -0.2) is 0 Å². The van der Waals surface area contributed by atoms with E-state index in [4.69, 9.17) is 9.47 Å². The monoisotopic (exact) mass is 267 g/mol. The van der Waals surface area contributed by atoms with Crippen LogP contribution in [0.3, 0.4) is 0 Å². The van der Waals surface area contributed by atoms with E-state index >= 15 is 0 Å². The normalized spacial score (nSPS) is 26.2. The van der Waals surface area contributed by atoms with Gasteiger partial charge in [0.05, 0.1) is 23.7 Å². The third-order valence-electron chi connectivity index (χ3n) is 3.54. The molecule has 1 aliphatic rings. The highest BCUT2D eigenvalue weighted by atomic mass is 16.6. The number of nitrogens with one attached hydrogen (secondary N) is 1. The molecule has 0 aliphatic carbocycles. The van der Waals surface area contributed by atoms with Crippen molar-refractivity contribution in [2.24, 2.45) is 0 Å². The van der Waals surface area contributed by atoms with Crippen LogP contribution in [0.5, 0.6) is 5.88 Å². The topological polar surface area (TPSA) is 86.5 Å². The maximum atomic E-state index is 11.0. The second-order valence-corrected chi connectivity index (χ2v) is 4.78. The van der Waals surface area contributed by atoms with E-state index in [1.807, 2.05) is 13.8 Å². The number of nitrogens with zero attached hydrogens (tertiary/aromatic N) is 2. The number of hydrogen-bond acceptors (Lipinski definition) is 6. The first-order valence-corrected chi connectivity index (χ1v) is 6.05. The summed E-state index contributed by atoms with van der Waals surface area (Å²) in [6, 6.07) is 2.86. The van der Waals surface area contributed by atoms with E-state index in [9.17, 15) is 10.1 Å². The maximum Gasteiger partial charge on any atom is 0.311 e. The van der Waals surface area contributed by atoms with Crippen LogP contribution in [0.1, 0.15) is 20.3 Å². The number of hydrogen-bond donors (Lipinski definition) is 1. The van der Waals surface area contributed by atoms with Crippen molar-refractivity contribution >= 4 is 11.5 Å². The molecule has 0 bridgehead atoms. The second kappa shape index (κ2) is 5.00. The minimum absolute atomic E-state index is 0.0416. The largest absolute Gasteiger partial charge is 0.481 e. The summed E-state index contributed by atoms with van der Waals surface area (Å²) in [7, 11) is 1.47. The van der Waals surface area contributed by atoms with E-state index in [1.165, 1.54) is 19.2 Å². The van der Waals surface area contributed by atoms with Gasteiger partial charge in [-0.1, -0.05) is 0 Å². The lowest BCUT2D eigenvalue weighted by Gasteiger charge is -2.29. The van der Waals surface area contributed by atoms with Gasteiger partial charge in [-0.05, 0) is 20.3 Å². The summed E-state index contributed by atoms with van der Waals surface area (Å²) in [6.45, 7) is 4.53. The third kappa shape index (κ3) is 2.60. The van der Waals surface area contributed by atoms with E-state index in [0.717, 1.165) is 6.42 Å². The molecule has 1 saturated heterocycles. The highest BCUT2D eigenvalue weighted by Gasteiger charge is 2.38. The predicted molar refractivity (Wildman–Crippen MR) is 69.5 cm³/mol. The summed E-state index contributed by atoms with van der Waals surface area (Å²) < 4.78 is 10.5. The van der Waals surface area contributed by atoms with Crippen LogP contribution in [-0.2, 0) is 4.74 Å². The Morgan fingerprint density at radius 3 is 2.89 bits per heavy atom. The van der Waals surface area contributed by atoms with Crippen LogP contribution < -0.4 is 10.1 Å². The first-order chi connectivity index (χ1) is 8.96. The quantitative estimate of drug-likeness (QED) is 0.663. The molecule has 2 heterocycles. The van der Waals surface area contributed by atoms with Gasteiger partial charge in [0.2, 0.25) is 11.7 Å². The molecule has 1 aliphatic heterocycles. The predicted octanol–water partition coefficient (Wildman–Crippen LogP) is 1.98. The van der Waals surface area contributed by atoms with E-state index < -0.39 is 4.92 Å². The Kier molecular flexibility index (Phi) is 3.57. The number of anilines is 1. The number of aromatic nitrogens is 1. The molecule has 1 N–H and O–H groups in total. The molecule has 1 aromatic rings. The van der Waals surface area contributed by atoms with Gasteiger partial charge in [-0.15, -0.1) is 0 Å². The Hall–Kier alpha value is -1.89. The zero-order valence-electron chi connectivity index (χ0n) is 11.2. The number of ether oxygens (including phenoxy) is 2. The fourth-order valence-corrected chi connectivity index (χ4v) is 2.06. The number of methoxy groups -OCH3 is 1. The Balaban J connectivity index is 2.34. The van der Waals surface area contributed by atoms with Crippen molar-refractivity contribution in [3.8, 4) is 5.88 Å². The molecule has 0 aromatic carbocycles. The van der Waals surface area contributed by atoms with Crippen LogP contribution in [0.25, 0.3) is 0 Å². The van der Waals surface area contributed by atoms with Gasteiger partial charge in [-0.2, -0.15) is 4.98 Å². The Labute approximate surface area is 111 Å². The van der Waals surface area contributed by atoms with Crippen LogP contribution in [0.15, 0.2) is 12.1 Å². The van der Waals surface area contributed by atoms with Crippen molar-refractivity contribution in [3.63, 3.8) is 0 Å². The Morgan fingerprint density at radius 1 is 1.63 bits per heavy atom. The van der Waals surface area contributed by atoms with Gasteiger partial charge in [0.1, 0.15) is 0 Å². The van der Waals surface area contributed by atoms with Gasteiger partial charge in [-0.3, -0.25) is 10.1 Å². The van der Waals surface area contributed by atoms with Crippen molar-refractivity contribution in [2.45, 2.75) is 31.9 Å². The lowest BCUT2D eigenvalue weighted by Crippen LogP contribution is -2.41. The lowest BCUT2D eigenvalue weighted by atomic mass is 9.94. The standard InChI is InChI=1S/C12H17N3O4/c1-8-12(2,6-7-19-8)14-11-9(15(16)17)4-5-10(13-11)18-3/h4-5,8H,6-7H2,1-3H3,(H,13,14). The SMILES string of the molecule is COc1ccc([N+](=O)[O-])c(NC2(C)CCOC2C)n1. The summed E-state index contributed by atoms with van der Waals surface area (Å²) >= 11 is 0. The molecular formula is C12H17N3O4. The fraction of sp³-hybridized carbons (Fsp3) is 0.583. The van der Waals surface area contributed by atoms with Crippen molar-refractivity contribution in [1.82, 2.24) is 4.98 Å². The summed E-state index contributed by atoms with van der Waals surface area (Å²) in [5, 5.41) is 14.2. The van der Waals surface area contributed by atoms with E-state index in [0.29, 0.717) is 12.5 Å². The smallest absolute Gasteiger partial charge is 0.311 e. The van der Waals surface area contributed by atoms with E-state index in [2.05, 4.69) is 10.3 Å². The molecule has 2 rings (SSSR count). The molecular weight excluding hydrogens is 250 g/mol. The van der Waals surface area contributed by atoms with Crippen LogP contribution in [-0.4, -0.2) is 35.3 Å². The van der Waals surface area contributed by atoms with Crippen molar-refractivity contribution < 1.29 is 14.4 Å². The summed E-state index contributed by atoms with van der Waals surface area (Å²) in [4.78, 5) is 14.7. The van der Waals surface area contributed by atoms with Crippen molar-refractivity contribution in [3.05, 3.63) is 22.2 Å². The maximum absolute atomic E-state index is 11.0. The van der Waals surface area contributed by atoms with Gasteiger partial charge in [0.15, 0.2) is 0 Å². The minimum Gasteiger partial charge on any atom is -0.481 e. The van der Waals surface area contributed by atoms with Gasteiger partial charge in [0.25, 0.3) is 0 Å². The van der Waals surface area contributed by atoms with Crippen molar-refractivity contribution in [2.75, 3.05) is 19.0 Å². The Bertz CT molecular complexity index is 494. The Morgan fingerprint density at radius 2 is 2.37 bits per heavy atom. The summed E-state index contributed by atoms with van der Waals surface area (Å²) in [5.41, 5.74) is -0.439. The molecule has 104 valence electrons. The molecule has 7 heteroatoms. The van der Waals surface area contributed by atoms with Gasteiger partial charge < -0.3 is 14.8 Å². The van der Waals surface area contributed by atoms with Gasteiger partial charge >= 0.3 is 5.69 Å². The summed E-state index contributed by atoms with van der Waals surface area (Å²) in [5.74, 6) is 0.549. The molecule has 0 spiro atoms. The molecule has 2 unspecified atom stereocenters. The summed E-state index contributed by atoms with van der Waals surface area (Å²) in [6.07, 6.45) is 0.726. The molecule has 19 heavy (non-hydrogen) atoms. The highest BCUT2D eigenvalue weighted by Crippen LogP contribution is 2.33. The molecule has 2 atom stereocenters. The second-order valence-electron chi connectivity index (χ2n) is 4.78. The third-order valence-corrected chi connectivity index (χ3v) is 3.54. The molecule has 1 aromatic heterocycles. The average Bonchev–Trinajstić information content (AvgIpc) is 2.68. The lowest BCUT2D eigenvalue weighted by molar-refractivity contribution is -0.384. The molecule has 7 nitrogen and oxygen atoms in total. The van der Waals surface area contributed by atoms with Gasteiger partial charge in [0, 0.05) is 18.7 Å².